The van der Waals surface area contributed by atoms with E-state index < -0.39 is 4.92 Å². The SMILES string of the molecule is Cn1cc(CN2CCN(C(=O)CCn3cc([N+](=O)[O-])cn3)CC2)cn1. The number of nitro groups is 1. The fourth-order valence-corrected chi connectivity index (χ4v) is 2.90. The maximum atomic E-state index is 12.3. The smallest absolute Gasteiger partial charge is 0.306 e. The summed E-state index contributed by atoms with van der Waals surface area (Å²) in [6.45, 7) is 4.23. The predicted molar refractivity (Wildman–Crippen MR) is 88.6 cm³/mol. The summed E-state index contributed by atoms with van der Waals surface area (Å²) in [7, 11) is 1.90. The maximum absolute atomic E-state index is 12.3. The Bertz CT molecular complexity index is 746. The van der Waals surface area contributed by atoms with Gasteiger partial charge in [-0.3, -0.25) is 29.2 Å². The molecule has 0 saturated carbocycles. The van der Waals surface area contributed by atoms with Gasteiger partial charge in [0, 0.05) is 64.5 Å². The van der Waals surface area contributed by atoms with Crippen molar-refractivity contribution in [3.63, 3.8) is 0 Å². The van der Waals surface area contributed by atoms with Gasteiger partial charge in [-0.15, -0.1) is 0 Å². The number of amides is 1. The number of aryl methyl sites for hydroxylation is 2. The Morgan fingerprint density at radius 1 is 1.20 bits per heavy atom. The van der Waals surface area contributed by atoms with E-state index in [0.717, 1.165) is 19.6 Å². The first-order chi connectivity index (χ1) is 12.0. The fourth-order valence-electron chi connectivity index (χ4n) is 2.90. The van der Waals surface area contributed by atoms with Crippen molar-refractivity contribution >= 4 is 11.6 Å². The zero-order chi connectivity index (χ0) is 17.8. The molecule has 2 aromatic heterocycles. The van der Waals surface area contributed by atoms with Crippen LogP contribution in [0, 0.1) is 10.1 Å². The standard InChI is InChI=1S/C15H21N7O3/c1-18-10-13(8-16-18)11-19-4-6-20(7-5-19)15(23)2-3-21-12-14(9-17-21)22(24)25/h8-10,12H,2-7,11H2,1H3. The Hall–Kier alpha value is -2.75. The van der Waals surface area contributed by atoms with Gasteiger partial charge in [0.1, 0.15) is 12.4 Å². The molecule has 10 heteroatoms. The van der Waals surface area contributed by atoms with Crippen LogP contribution in [0.5, 0.6) is 0 Å². The number of piperazine rings is 1. The molecule has 0 aliphatic carbocycles. The van der Waals surface area contributed by atoms with Crippen LogP contribution in [0.15, 0.2) is 24.8 Å². The third kappa shape index (κ3) is 4.41. The van der Waals surface area contributed by atoms with E-state index in [1.54, 1.807) is 4.68 Å². The first-order valence-corrected chi connectivity index (χ1v) is 8.16. The molecule has 3 rings (SSSR count). The second-order valence-electron chi connectivity index (χ2n) is 6.15. The van der Waals surface area contributed by atoms with Gasteiger partial charge in [0.05, 0.1) is 11.1 Å². The van der Waals surface area contributed by atoms with E-state index in [0.29, 0.717) is 26.1 Å². The molecule has 1 saturated heterocycles. The van der Waals surface area contributed by atoms with Crippen molar-refractivity contribution in [1.82, 2.24) is 29.4 Å². The van der Waals surface area contributed by atoms with Gasteiger partial charge in [0.25, 0.3) is 0 Å². The molecule has 0 unspecified atom stereocenters. The lowest BCUT2D eigenvalue weighted by Crippen LogP contribution is -2.48. The number of carbonyl (C=O) groups is 1. The summed E-state index contributed by atoms with van der Waals surface area (Å²) in [5, 5.41) is 18.7. The highest BCUT2D eigenvalue weighted by Gasteiger charge is 2.21. The molecule has 25 heavy (non-hydrogen) atoms. The van der Waals surface area contributed by atoms with E-state index >= 15 is 0 Å². The summed E-state index contributed by atoms with van der Waals surface area (Å²) in [6.07, 6.45) is 6.70. The predicted octanol–water partition coefficient (Wildman–Crippen LogP) is 0.259. The average Bonchev–Trinajstić information content (AvgIpc) is 3.22. The number of rotatable bonds is 6. The number of hydrogen-bond donors (Lipinski definition) is 0. The normalized spacial score (nSPS) is 15.5. The Balaban J connectivity index is 1.42. The third-order valence-corrected chi connectivity index (χ3v) is 4.27. The maximum Gasteiger partial charge on any atom is 0.306 e. The molecule has 1 aliphatic rings. The molecule has 0 bridgehead atoms. The van der Waals surface area contributed by atoms with Gasteiger partial charge in [-0.1, -0.05) is 0 Å². The van der Waals surface area contributed by atoms with Crippen LogP contribution >= 0.6 is 0 Å². The minimum atomic E-state index is -0.493. The molecule has 3 heterocycles. The summed E-state index contributed by atoms with van der Waals surface area (Å²) in [5.74, 6) is 0.0548. The summed E-state index contributed by atoms with van der Waals surface area (Å²) in [6, 6.07) is 0. The van der Waals surface area contributed by atoms with Gasteiger partial charge in [-0.25, -0.2) is 0 Å². The first kappa shape index (κ1) is 17.1. The van der Waals surface area contributed by atoms with E-state index in [9.17, 15) is 14.9 Å². The lowest BCUT2D eigenvalue weighted by Gasteiger charge is -2.34. The van der Waals surface area contributed by atoms with E-state index in [4.69, 9.17) is 0 Å². The first-order valence-electron chi connectivity index (χ1n) is 8.16. The molecule has 0 N–H and O–H groups in total. The average molecular weight is 347 g/mol. The number of nitrogens with zero attached hydrogens (tertiary/aromatic N) is 7. The summed E-state index contributed by atoms with van der Waals surface area (Å²) in [4.78, 5) is 26.6. The molecule has 2 aromatic rings. The van der Waals surface area contributed by atoms with Crippen molar-refractivity contribution < 1.29 is 9.72 Å². The quantitative estimate of drug-likeness (QED) is 0.549. The Labute approximate surface area is 144 Å². The minimum absolute atomic E-state index is 0.0548. The molecular formula is C15H21N7O3. The zero-order valence-electron chi connectivity index (χ0n) is 14.1. The second-order valence-corrected chi connectivity index (χ2v) is 6.15. The van der Waals surface area contributed by atoms with Gasteiger partial charge in [-0.2, -0.15) is 10.2 Å². The van der Waals surface area contributed by atoms with Crippen molar-refractivity contribution in [2.75, 3.05) is 26.2 Å². The third-order valence-electron chi connectivity index (χ3n) is 4.27. The highest BCUT2D eigenvalue weighted by Crippen LogP contribution is 2.11. The zero-order valence-corrected chi connectivity index (χ0v) is 14.1. The molecule has 1 aliphatic heterocycles. The van der Waals surface area contributed by atoms with Crippen molar-refractivity contribution in [3.8, 4) is 0 Å². The van der Waals surface area contributed by atoms with Crippen LogP contribution < -0.4 is 0 Å². The Morgan fingerprint density at radius 3 is 2.56 bits per heavy atom. The van der Waals surface area contributed by atoms with Crippen LogP contribution in [-0.2, 0) is 24.9 Å². The van der Waals surface area contributed by atoms with Crippen molar-refractivity contribution in [2.24, 2.45) is 7.05 Å². The van der Waals surface area contributed by atoms with Crippen LogP contribution in [0.4, 0.5) is 5.69 Å². The number of hydrogen-bond acceptors (Lipinski definition) is 6. The fraction of sp³-hybridized carbons (Fsp3) is 0.533. The second kappa shape index (κ2) is 7.43. The van der Waals surface area contributed by atoms with Crippen LogP contribution in [-0.4, -0.2) is 66.4 Å². The van der Waals surface area contributed by atoms with Gasteiger partial charge < -0.3 is 4.90 Å². The molecule has 0 spiro atoms. The molecule has 0 radical (unpaired) electrons. The van der Waals surface area contributed by atoms with Gasteiger partial charge in [-0.05, 0) is 0 Å². The van der Waals surface area contributed by atoms with E-state index in [2.05, 4.69) is 15.1 Å². The van der Waals surface area contributed by atoms with Gasteiger partial charge in [0.15, 0.2) is 0 Å². The van der Waals surface area contributed by atoms with Crippen molar-refractivity contribution in [2.45, 2.75) is 19.5 Å². The van der Waals surface area contributed by atoms with E-state index in [1.165, 1.54) is 22.6 Å². The van der Waals surface area contributed by atoms with Crippen LogP contribution in [0.1, 0.15) is 12.0 Å². The Kier molecular flexibility index (Phi) is 5.08. The van der Waals surface area contributed by atoms with Crippen LogP contribution in [0.25, 0.3) is 0 Å². The lowest BCUT2D eigenvalue weighted by molar-refractivity contribution is -0.385. The van der Waals surface area contributed by atoms with Crippen molar-refractivity contribution in [1.29, 1.82) is 0 Å². The van der Waals surface area contributed by atoms with E-state index in [-0.39, 0.29) is 11.6 Å². The highest BCUT2D eigenvalue weighted by atomic mass is 16.6. The number of carbonyl (C=O) groups excluding carboxylic acids is 1. The number of aromatic nitrogens is 4. The van der Waals surface area contributed by atoms with Crippen LogP contribution in [0.3, 0.4) is 0 Å². The molecule has 0 atom stereocenters. The molecule has 10 nitrogen and oxygen atoms in total. The summed E-state index contributed by atoms with van der Waals surface area (Å²) < 4.78 is 3.23. The largest absolute Gasteiger partial charge is 0.340 e. The molecule has 0 aromatic carbocycles. The molecule has 134 valence electrons. The topological polar surface area (TPSA) is 102 Å². The Morgan fingerprint density at radius 2 is 1.96 bits per heavy atom. The lowest BCUT2D eigenvalue weighted by atomic mass is 10.2. The van der Waals surface area contributed by atoms with Crippen LogP contribution in [0.2, 0.25) is 0 Å². The van der Waals surface area contributed by atoms with E-state index in [1.807, 2.05) is 24.3 Å². The monoisotopic (exact) mass is 347 g/mol. The van der Waals surface area contributed by atoms with Gasteiger partial charge in [0.2, 0.25) is 5.91 Å². The summed E-state index contributed by atoms with van der Waals surface area (Å²) in [5.41, 5.74) is 1.11. The minimum Gasteiger partial charge on any atom is -0.340 e. The molecule has 1 amide bonds. The molecule has 1 fully saturated rings. The molecular weight excluding hydrogens is 326 g/mol. The van der Waals surface area contributed by atoms with Crippen molar-refractivity contribution in [3.05, 3.63) is 40.5 Å². The van der Waals surface area contributed by atoms with Gasteiger partial charge >= 0.3 is 5.69 Å². The highest BCUT2D eigenvalue weighted by molar-refractivity contribution is 5.76. The summed E-state index contributed by atoms with van der Waals surface area (Å²) >= 11 is 0.